The first-order valence-corrected chi connectivity index (χ1v) is 31.7. The van der Waals surface area contributed by atoms with E-state index in [9.17, 15) is 0 Å². The summed E-state index contributed by atoms with van der Waals surface area (Å²) in [6, 6.07) is 87.3. The molecule has 2 aliphatic rings. The fraction of sp³-hybridized carbons (Fsp3) is 0.200. The van der Waals surface area contributed by atoms with Crippen LogP contribution in [0.4, 0.5) is 34.1 Å². The van der Waals surface area contributed by atoms with Crippen molar-refractivity contribution in [2.24, 2.45) is 0 Å². The van der Waals surface area contributed by atoms with Gasteiger partial charge in [-0.25, -0.2) is 0 Å². The number of anilines is 6. The van der Waals surface area contributed by atoms with E-state index < -0.39 is 5.41 Å². The van der Waals surface area contributed by atoms with Gasteiger partial charge in [-0.1, -0.05) is 217 Å². The van der Waals surface area contributed by atoms with Gasteiger partial charge < -0.3 is 18.6 Å². The summed E-state index contributed by atoms with van der Waals surface area (Å²) in [5.41, 5.74) is 24.2. The Labute approximate surface area is 522 Å². The Morgan fingerprint density at radius 1 is 0.281 bits per heavy atom. The number of nitrogens with zero attached hydrogens (tertiary/aromatic N) is 2. The minimum absolute atomic E-state index is 0.0112. The maximum Gasteiger partial charge on any atom is 0.160 e. The molecule has 1 spiro atoms. The molecule has 436 valence electrons. The van der Waals surface area contributed by atoms with Crippen molar-refractivity contribution in [2.75, 3.05) is 9.80 Å². The molecule has 0 saturated heterocycles. The fourth-order valence-corrected chi connectivity index (χ4v) is 15.0. The normalized spacial score (nSPS) is 13.7. The third kappa shape index (κ3) is 8.32. The average Bonchev–Trinajstić information content (AvgIpc) is 1.51. The van der Waals surface area contributed by atoms with Crippen LogP contribution in [0.15, 0.2) is 239 Å². The summed E-state index contributed by atoms with van der Waals surface area (Å²) in [4.78, 5) is 4.85. The lowest BCUT2D eigenvalue weighted by atomic mass is 9.70. The topological polar surface area (TPSA) is 32.8 Å². The zero-order chi connectivity index (χ0) is 61.3. The molecule has 2 aliphatic carbocycles. The van der Waals surface area contributed by atoms with Gasteiger partial charge in [0.25, 0.3) is 0 Å². The van der Waals surface area contributed by atoms with Gasteiger partial charge in [0.15, 0.2) is 11.2 Å². The van der Waals surface area contributed by atoms with Gasteiger partial charge in [-0.15, -0.1) is 0 Å². The van der Waals surface area contributed by atoms with Gasteiger partial charge in [0.05, 0.1) is 16.8 Å². The van der Waals surface area contributed by atoms with Gasteiger partial charge in [0, 0.05) is 44.3 Å². The van der Waals surface area contributed by atoms with Gasteiger partial charge in [0.1, 0.15) is 11.2 Å². The molecule has 0 bridgehead atoms. The average molecular weight is 1160 g/mol. The lowest BCUT2D eigenvalue weighted by molar-refractivity contribution is 0.590. The molecule has 0 atom stereocenters. The van der Waals surface area contributed by atoms with E-state index in [2.05, 4.69) is 323 Å². The smallest absolute Gasteiger partial charge is 0.160 e. The number of hydrogen-bond donors (Lipinski definition) is 0. The molecule has 4 heteroatoms. The van der Waals surface area contributed by atoms with E-state index in [1.54, 1.807) is 0 Å². The standard InChI is InChI=1S/C85H74N2O2/c1-81(2,3)53-29-37-57(38-30-53)86(58-39-31-54(32-40-58)82(4,5)6)73-47-51-45-71-67(49-65(51)77-63-23-15-19-27-75(63)88-79(73)77)68-50-66-52(46-72(68)85(71)69-25-17-13-21-61(69)62-22-14-18-26-70(62)85)48-74(80-78(66)64-24-16-20-28-76(64)89-80)87(59-41-33-55(34-42-59)83(7,8)9)60-43-35-56(36-44-60)84(10,11)12/h13-50H,1-12H3. The predicted molar refractivity (Wildman–Crippen MR) is 376 cm³/mol. The van der Waals surface area contributed by atoms with E-state index in [0.29, 0.717) is 0 Å². The van der Waals surface area contributed by atoms with Crippen LogP contribution >= 0.6 is 0 Å². The second kappa shape index (κ2) is 19.2. The molecule has 0 fully saturated rings. The van der Waals surface area contributed by atoms with Gasteiger partial charge >= 0.3 is 0 Å². The van der Waals surface area contributed by atoms with Crippen LogP contribution in [0.3, 0.4) is 0 Å². The Balaban J connectivity index is 1.01. The number of para-hydroxylation sites is 2. The third-order valence-electron chi connectivity index (χ3n) is 19.7. The Bertz CT molecular complexity index is 4760. The van der Waals surface area contributed by atoms with Crippen molar-refractivity contribution in [1.29, 1.82) is 0 Å². The number of hydrogen-bond acceptors (Lipinski definition) is 4. The molecule has 0 N–H and O–H groups in total. The zero-order valence-electron chi connectivity index (χ0n) is 53.2. The van der Waals surface area contributed by atoms with Crippen molar-refractivity contribution in [1.82, 2.24) is 0 Å². The summed E-state index contributed by atoms with van der Waals surface area (Å²) >= 11 is 0. The zero-order valence-corrected chi connectivity index (χ0v) is 53.2. The molecule has 0 saturated carbocycles. The second-order valence-corrected chi connectivity index (χ2v) is 29.3. The van der Waals surface area contributed by atoms with E-state index >= 15 is 0 Å². The number of rotatable bonds is 6. The highest BCUT2D eigenvalue weighted by atomic mass is 16.3. The van der Waals surface area contributed by atoms with Crippen molar-refractivity contribution in [3.63, 3.8) is 0 Å². The van der Waals surface area contributed by atoms with Gasteiger partial charge in [0.2, 0.25) is 0 Å². The monoisotopic (exact) mass is 1150 g/mol. The predicted octanol–water partition coefficient (Wildman–Crippen LogP) is 24.3. The molecule has 0 unspecified atom stereocenters. The summed E-state index contributed by atoms with van der Waals surface area (Å²) in [6.45, 7) is 27.4. The Morgan fingerprint density at radius 3 is 0.910 bits per heavy atom. The van der Waals surface area contributed by atoms with Gasteiger partial charge in [-0.3, -0.25) is 0 Å². The highest BCUT2D eigenvalue weighted by molar-refractivity contribution is 6.26. The fourth-order valence-electron chi connectivity index (χ4n) is 15.0. The first-order chi connectivity index (χ1) is 42.6. The lowest BCUT2D eigenvalue weighted by Crippen LogP contribution is -2.25. The third-order valence-corrected chi connectivity index (χ3v) is 19.7. The van der Waals surface area contributed by atoms with Crippen LogP contribution in [0.5, 0.6) is 0 Å². The van der Waals surface area contributed by atoms with E-state index in [4.69, 9.17) is 8.83 Å². The Hall–Kier alpha value is -9.64. The van der Waals surface area contributed by atoms with E-state index in [-0.39, 0.29) is 21.7 Å². The van der Waals surface area contributed by atoms with E-state index in [1.807, 2.05) is 0 Å². The molecule has 14 aromatic rings. The largest absolute Gasteiger partial charge is 0.454 e. The van der Waals surface area contributed by atoms with Gasteiger partial charge in [-0.2, -0.15) is 0 Å². The molecule has 0 amide bonds. The molecule has 89 heavy (non-hydrogen) atoms. The van der Waals surface area contributed by atoms with Crippen LogP contribution in [0.1, 0.15) is 128 Å². The maximum atomic E-state index is 7.26. The van der Waals surface area contributed by atoms with Gasteiger partial charge in [-0.05, 0) is 207 Å². The van der Waals surface area contributed by atoms with Crippen LogP contribution in [0, 0.1) is 0 Å². The van der Waals surface area contributed by atoms with Crippen molar-refractivity contribution >= 4 is 99.5 Å². The highest BCUT2D eigenvalue weighted by Crippen LogP contribution is 2.65. The van der Waals surface area contributed by atoms with Crippen molar-refractivity contribution in [3.05, 3.63) is 275 Å². The number of furan rings is 2. The minimum Gasteiger partial charge on any atom is -0.454 e. The molecule has 12 aromatic carbocycles. The first-order valence-electron chi connectivity index (χ1n) is 31.7. The van der Waals surface area contributed by atoms with Crippen LogP contribution in [-0.4, -0.2) is 0 Å². The molecular formula is C85H74N2O2. The summed E-state index contributed by atoms with van der Waals surface area (Å²) in [7, 11) is 0. The lowest BCUT2D eigenvalue weighted by Gasteiger charge is -2.31. The highest BCUT2D eigenvalue weighted by Gasteiger charge is 2.52. The molecule has 2 heterocycles. The van der Waals surface area contributed by atoms with E-state index in [1.165, 1.54) is 66.8 Å². The van der Waals surface area contributed by atoms with Crippen molar-refractivity contribution in [2.45, 2.75) is 110 Å². The van der Waals surface area contributed by atoms with Crippen molar-refractivity contribution < 1.29 is 8.83 Å². The van der Waals surface area contributed by atoms with Crippen LogP contribution < -0.4 is 9.80 Å². The van der Waals surface area contributed by atoms with E-state index in [0.717, 1.165) is 99.5 Å². The number of benzene rings is 12. The summed E-state index contributed by atoms with van der Waals surface area (Å²) in [5.74, 6) is 0. The SMILES string of the molecule is CC(C)(C)c1ccc(N(c2ccc(C(C)(C)C)cc2)c2cc3cc4c(cc3c3c2oc2ccccc23)-c2cc3c(cc2C42c4ccccc4-c4ccccc42)cc(N(c2ccc(C(C)(C)C)cc2)c2ccc(C(C)(C)C)cc2)c2oc4ccccc4c23)cc1. The Kier molecular flexibility index (Phi) is 11.8. The second-order valence-electron chi connectivity index (χ2n) is 29.3. The molecular weight excluding hydrogens is 1080 g/mol. The van der Waals surface area contributed by atoms with Crippen LogP contribution in [0.25, 0.3) is 87.7 Å². The quantitative estimate of drug-likeness (QED) is 0.166. The van der Waals surface area contributed by atoms with Crippen molar-refractivity contribution in [3.8, 4) is 22.3 Å². The van der Waals surface area contributed by atoms with Crippen LogP contribution in [-0.2, 0) is 27.1 Å². The first kappa shape index (κ1) is 54.7. The molecule has 16 rings (SSSR count). The Morgan fingerprint density at radius 2 is 0.584 bits per heavy atom. The van der Waals surface area contributed by atoms with Crippen LogP contribution in [0.2, 0.25) is 0 Å². The summed E-state index contributed by atoms with van der Waals surface area (Å²) in [5, 5.41) is 9.00. The molecule has 4 nitrogen and oxygen atoms in total. The maximum absolute atomic E-state index is 7.26. The summed E-state index contributed by atoms with van der Waals surface area (Å²) in [6.07, 6.45) is 0. The number of fused-ring (bicyclic) bond motifs is 20. The molecule has 0 aliphatic heterocycles. The molecule has 0 radical (unpaired) electrons. The summed E-state index contributed by atoms with van der Waals surface area (Å²) < 4.78 is 14.5. The molecule has 2 aromatic heterocycles. The minimum atomic E-state index is -0.669.